The Bertz CT molecular complexity index is 926. The highest BCUT2D eigenvalue weighted by Gasteiger charge is 2.48. The van der Waals surface area contributed by atoms with Gasteiger partial charge in [0.05, 0.1) is 15.7 Å². The van der Waals surface area contributed by atoms with Gasteiger partial charge in [0.15, 0.2) is 9.84 Å². The van der Waals surface area contributed by atoms with Crippen LogP contribution in [0.1, 0.15) is 24.8 Å². The van der Waals surface area contributed by atoms with Gasteiger partial charge in [-0.05, 0) is 51.5 Å². The summed E-state index contributed by atoms with van der Waals surface area (Å²) in [4.78, 5) is 26.8. The third-order valence-electron chi connectivity index (χ3n) is 5.84. The van der Waals surface area contributed by atoms with Crippen molar-refractivity contribution in [3.63, 3.8) is 0 Å². The monoisotopic (exact) mass is 448 g/mol. The Labute approximate surface area is 172 Å². The maximum atomic E-state index is 13.3. The fraction of sp³-hybridized carbons (Fsp3) is 0.579. The van der Waals surface area contributed by atoms with Gasteiger partial charge in [-0.2, -0.15) is 13.2 Å². The number of hydrogen-bond acceptors (Lipinski definition) is 5. The van der Waals surface area contributed by atoms with Crippen LogP contribution >= 0.6 is 0 Å². The highest BCUT2D eigenvalue weighted by Crippen LogP contribution is 2.38. The molecule has 0 spiro atoms. The maximum Gasteiger partial charge on any atom is 0.417 e. The second-order valence-corrected chi connectivity index (χ2v) is 10.0. The van der Waals surface area contributed by atoms with E-state index in [-0.39, 0.29) is 0 Å². The van der Waals surface area contributed by atoms with Crippen LogP contribution < -0.4 is 0 Å². The van der Waals surface area contributed by atoms with Crippen molar-refractivity contribution in [1.82, 2.24) is 9.80 Å². The Morgan fingerprint density at radius 1 is 1.13 bits per heavy atom. The highest BCUT2D eigenvalue weighted by molar-refractivity contribution is 7.92. The van der Waals surface area contributed by atoms with Crippen LogP contribution in [-0.2, 0) is 25.6 Å². The number of piperidine rings is 1. The first-order chi connectivity index (χ1) is 13.9. The van der Waals surface area contributed by atoms with Crippen LogP contribution in [0.25, 0.3) is 0 Å². The quantitative estimate of drug-likeness (QED) is 0.756. The predicted octanol–water partition coefficient (Wildman–Crippen LogP) is 1.88. The lowest BCUT2D eigenvalue weighted by Crippen LogP contribution is -2.46. The predicted molar refractivity (Wildman–Crippen MR) is 100 cm³/mol. The van der Waals surface area contributed by atoms with Gasteiger partial charge in [0.2, 0.25) is 5.91 Å². The summed E-state index contributed by atoms with van der Waals surface area (Å²) >= 11 is 0. The topological polar surface area (TPSA) is 95.0 Å². The average molecular weight is 448 g/mol. The lowest BCUT2D eigenvalue weighted by atomic mass is 9.95. The Morgan fingerprint density at radius 2 is 1.73 bits per heavy atom. The number of carbonyl (C=O) groups is 2. The van der Waals surface area contributed by atoms with Gasteiger partial charge in [-0.1, -0.05) is 12.1 Å². The summed E-state index contributed by atoms with van der Waals surface area (Å²) in [5, 5.41) is 8.11. The van der Waals surface area contributed by atoms with E-state index in [4.69, 9.17) is 0 Å². The van der Waals surface area contributed by atoms with Gasteiger partial charge in [-0.25, -0.2) is 13.2 Å². The second-order valence-electron chi connectivity index (χ2n) is 7.82. The number of carboxylic acids is 1. The molecular weight excluding hydrogens is 425 g/mol. The Morgan fingerprint density at radius 3 is 2.30 bits per heavy atom. The molecule has 0 bridgehead atoms. The number of likely N-dealkylation sites (tertiary alicyclic amines) is 2. The summed E-state index contributed by atoms with van der Waals surface area (Å²) in [6, 6.07) is 2.45. The molecule has 30 heavy (non-hydrogen) atoms. The number of rotatable bonds is 4. The normalized spacial score (nSPS) is 24.2. The summed E-state index contributed by atoms with van der Waals surface area (Å²) < 4.78 is 66.0. The molecule has 0 unspecified atom stereocenters. The summed E-state index contributed by atoms with van der Waals surface area (Å²) in [7, 11) is -2.61. The van der Waals surface area contributed by atoms with E-state index in [9.17, 15) is 36.3 Å². The fourth-order valence-electron chi connectivity index (χ4n) is 4.12. The van der Waals surface area contributed by atoms with E-state index < -0.39 is 68.5 Å². The molecule has 0 saturated carbocycles. The van der Waals surface area contributed by atoms with Crippen LogP contribution in [0.4, 0.5) is 13.2 Å². The maximum absolute atomic E-state index is 13.3. The zero-order chi connectivity index (χ0) is 22.3. The van der Waals surface area contributed by atoms with E-state index >= 15 is 0 Å². The molecule has 2 saturated heterocycles. The molecule has 3 rings (SSSR count). The van der Waals surface area contributed by atoms with Crippen molar-refractivity contribution < 1.29 is 36.3 Å². The molecule has 2 atom stereocenters. The number of nitrogens with zero attached hydrogens (tertiary/aromatic N) is 2. The largest absolute Gasteiger partial charge is 0.480 e. The van der Waals surface area contributed by atoms with Crippen LogP contribution in [0.3, 0.4) is 0 Å². The van der Waals surface area contributed by atoms with Gasteiger partial charge in [0.25, 0.3) is 0 Å². The van der Waals surface area contributed by atoms with Crippen molar-refractivity contribution in [2.45, 2.75) is 41.6 Å². The van der Waals surface area contributed by atoms with Crippen molar-refractivity contribution in [1.29, 1.82) is 0 Å². The molecule has 1 N–H and O–H groups in total. The number of benzene rings is 1. The van der Waals surface area contributed by atoms with Crippen molar-refractivity contribution in [3.05, 3.63) is 29.8 Å². The number of hydrogen-bond donors (Lipinski definition) is 1. The third-order valence-corrected chi connectivity index (χ3v) is 8.02. The SMILES string of the molecule is CN1CCC(C(=O)N2C[C@H](S(=O)(=O)c3ccccc3C(F)(F)F)C[C@H]2C(=O)O)CC1. The first-order valence-corrected chi connectivity index (χ1v) is 11.1. The van der Waals surface area contributed by atoms with Gasteiger partial charge in [-0.3, -0.25) is 4.79 Å². The smallest absolute Gasteiger partial charge is 0.417 e. The standard InChI is InChI=1S/C19H23F3N2O5S/c1-23-8-6-12(7-9-23)17(25)24-11-13(10-15(24)18(26)27)30(28,29)16-5-3-2-4-14(16)19(20,21)22/h2-5,12-13,15H,6-11H2,1H3,(H,26,27)/t13-,15+/m1/s1. The molecule has 11 heteroatoms. The minimum atomic E-state index is -4.88. The molecular formula is C19H23F3N2O5S. The molecule has 166 valence electrons. The van der Waals surface area contributed by atoms with Gasteiger partial charge in [0, 0.05) is 12.5 Å². The van der Waals surface area contributed by atoms with Crippen LogP contribution in [0.15, 0.2) is 29.2 Å². The average Bonchev–Trinajstić information content (AvgIpc) is 3.14. The molecule has 0 radical (unpaired) electrons. The van der Waals surface area contributed by atoms with E-state index in [2.05, 4.69) is 0 Å². The second kappa shape index (κ2) is 8.18. The first-order valence-electron chi connectivity index (χ1n) is 9.55. The summed E-state index contributed by atoms with van der Waals surface area (Å²) in [5.74, 6) is -2.23. The van der Waals surface area contributed by atoms with E-state index in [1.54, 1.807) is 0 Å². The van der Waals surface area contributed by atoms with Gasteiger partial charge in [0.1, 0.15) is 6.04 Å². The van der Waals surface area contributed by atoms with E-state index in [1.807, 2.05) is 11.9 Å². The van der Waals surface area contributed by atoms with Crippen molar-refractivity contribution in [2.75, 3.05) is 26.7 Å². The number of carboxylic acid groups (broad SMARTS) is 1. The number of carbonyl (C=O) groups excluding carboxylic acids is 1. The van der Waals surface area contributed by atoms with Crippen LogP contribution in [-0.4, -0.2) is 73.2 Å². The van der Waals surface area contributed by atoms with Gasteiger partial charge in [-0.15, -0.1) is 0 Å². The van der Waals surface area contributed by atoms with Crippen molar-refractivity contribution in [3.8, 4) is 0 Å². The molecule has 2 aliphatic heterocycles. The highest BCUT2D eigenvalue weighted by atomic mass is 32.2. The molecule has 1 aromatic rings. The molecule has 2 heterocycles. The zero-order valence-electron chi connectivity index (χ0n) is 16.3. The number of halogens is 3. The van der Waals surface area contributed by atoms with E-state index in [0.29, 0.717) is 32.0 Å². The minimum absolute atomic E-state index is 0.424. The summed E-state index contributed by atoms with van der Waals surface area (Å²) in [5.41, 5.74) is -1.29. The lowest BCUT2D eigenvalue weighted by molar-refractivity contribution is -0.150. The number of alkyl halides is 3. The Hall–Kier alpha value is -2.14. The summed E-state index contributed by atoms with van der Waals surface area (Å²) in [6.45, 7) is 0.877. The molecule has 1 amide bonds. The molecule has 0 aliphatic carbocycles. The lowest BCUT2D eigenvalue weighted by Gasteiger charge is -2.32. The van der Waals surface area contributed by atoms with Crippen LogP contribution in [0, 0.1) is 5.92 Å². The van der Waals surface area contributed by atoms with Crippen molar-refractivity contribution in [2.24, 2.45) is 5.92 Å². The number of aliphatic carboxylic acids is 1. The first kappa shape index (κ1) is 22.5. The number of sulfone groups is 1. The minimum Gasteiger partial charge on any atom is -0.480 e. The van der Waals surface area contributed by atoms with Gasteiger partial charge >= 0.3 is 12.1 Å². The third kappa shape index (κ3) is 4.31. The molecule has 2 fully saturated rings. The molecule has 0 aromatic heterocycles. The van der Waals surface area contributed by atoms with E-state index in [1.165, 1.54) is 6.07 Å². The Balaban J connectivity index is 1.89. The van der Waals surface area contributed by atoms with Crippen LogP contribution in [0.5, 0.6) is 0 Å². The number of amides is 1. The zero-order valence-corrected chi connectivity index (χ0v) is 17.1. The van der Waals surface area contributed by atoms with E-state index in [0.717, 1.165) is 17.0 Å². The molecule has 2 aliphatic rings. The summed E-state index contributed by atoms with van der Waals surface area (Å²) in [6.07, 6.45) is -4.28. The molecule has 7 nitrogen and oxygen atoms in total. The fourth-order valence-corrected chi connectivity index (χ4v) is 6.03. The molecule has 1 aromatic carbocycles. The van der Waals surface area contributed by atoms with Gasteiger partial charge < -0.3 is 14.9 Å². The van der Waals surface area contributed by atoms with Crippen molar-refractivity contribution >= 4 is 21.7 Å². The Kier molecular flexibility index (Phi) is 6.15. The van der Waals surface area contributed by atoms with Crippen LogP contribution in [0.2, 0.25) is 0 Å².